The van der Waals surface area contributed by atoms with E-state index in [0.29, 0.717) is 12.3 Å². The summed E-state index contributed by atoms with van der Waals surface area (Å²) in [5, 5.41) is 20.4. The minimum atomic E-state index is -1.05. The first-order valence-corrected chi connectivity index (χ1v) is 6.61. The van der Waals surface area contributed by atoms with E-state index in [2.05, 4.69) is 0 Å². The normalized spacial score (nSPS) is 35.6. The largest absolute Gasteiger partial charge is 0.481 e. The van der Waals surface area contributed by atoms with E-state index in [4.69, 9.17) is 0 Å². The number of hydrogen-bond donors (Lipinski definition) is 2. The van der Waals surface area contributed by atoms with Crippen molar-refractivity contribution < 1.29 is 15.0 Å². The Bertz CT molecular complexity index is 456. The first-order valence-electron chi connectivity index (χ1n) is 6.61. The zero-order valence-electron chi connectivity index (χ0n) is 10.2. The number of carboxylic acid groups (broad SMARTS) is 1. The third-order valence-electron chi connectivity index (χ3n) is 4.74. The van der Waals surface area contributed by atoms with Crippen molar-refractivity contribution in [2.24, 2.45) is 11.8 Å². The summed E-state index contributed by atoms with van der Waals surface area (Å²) in [6, 6.07) is 9.16. The molecule has 1 aromatic rings. The maximum atomic E-state index is 11.6. The fourth-order valence-corrected chi connectivity index (χ4v) is 3.99. The Morgan fingerprint density at radius 3 is 2.50 bits per heavy atom. The molecule has 2 saturated carbocycles. The summed E-state index contributed by atoms with van der Waals surface area (Å²) in [5.41, 5.74) is -0.323. The van der Waals surface area contributed by atoms with Crippen LogP contribution in [0.5, 0.6) is 0 Å². The molecule has 0 aliphatic heterocycles. The number of aliphatic carboxylic acids is 1. The smallest absolute Gasteiger partial charge is 0.313 e. The Balaban J connectivity index is 1.98. The first kappa shape index (κ1) is 11.7. The minimum Gasteiger partial charge on any atom is -0.481 e. The van der Waals surface area contributed by atoms with E-state index in [0.717, 1.165) is 24.8 Å². The van der Waals surface area contributed by atoms with Crippen molar-refractivity contribution in [2.75, 3.05) is 0 Å². The Hall–Kier alpha value is -1.35. The Morgan fingerprint density at radius 2 is 2.00 bits per heavy atom. The zero-order chi connectivity index (χ0) is 12.8. The van der Waals surface area contributed by atoms with Crippen LogP contribution in [0.25, 0.3) is 0 Å². The maximum Gasteiger partial charge on any atom is 0.313 e. The van der Waals surface area contributed by atoms with Gasteiger partial charge < -0.3 is 10.2 Å². The van der Waals surface area contributed by atoms with Gasteiger partial charge in [0.15, 0.2) is 0 Å². The average molecular weight is 246 g/mol. The molecule has 4 atom stereocenters. The number of fused-ring (bicyclic) bond motifs is 2. The molecule has 3 nitrogen and oxygen atoms in total. The molecule has 18 heavy (non-hydrogen) atoms. The molecule has 2 bridgehead atoms. The third-order valence-corrected chi connectivity index (χ3v) is 4.74. The van der Waals surface area contributed by atoms with E-state index in [1.807, 2.05) is 30.3 Å². The van der Waals surface area contributed by atoms with Gasteiger partial charge in [-0.2, -0.15) is 0 Å². The summed E-state index contributed by atoms with van der Waals surface area (Å²) in [7, 11) is 0. The standard InChI is InChI=1S/C15H18O3/c16-14(17)13(11-4-2-1-3-5-11)15(18)9-10-6-7-12(15)8-10/h1-5,10,12-13,18H,6-9H2,(H,16,17)/t10-,12-,13+,15+/m1/s1. The van der Waals surface area contributed by atoms with Crippen molar-refractivity contribution in [1.82, 2.24) is 0 Å². The van der Waals surface area contributed by atoms with Crippen molar-refractivity contribution in [1.29, 1.82) is 0 Å². The van der Waals surface area contributed by atoms with Crippen LogP contribution in [0.3, 0.4) is 0 Å². The van der Waals surface area contributed by atoms with Crippen LogP contribution in [0.1, 0.15) is 37.2 Å². The summed E-state index contributed by atoms with van der Waals surface area (Å²) >= 11 is 0. The second-order valence-corrected chi connectivity index (χ2v) is 5.75. The molecule has 3 heteroatoms. The molecule has 0 amide bonds. The van der Waals surface area contributed by atoms with Gasteiger partial charge in [0.2, 0.25) is 0 Å². The van der Waals surface area contributed by atoms with E-state index in [1.165, 1.54) is 0 Å². The van der Waals surface area contributed by atoms with E-state index < -0.39 is 17.5 Å². The lowest BCUT2D eigenvalue weighted by Crippen LogP contribution is -2.45. The predicted molar refractivity (Wildman–Crippen MR) is 67.2 cm³/mol. The van der Waals surface area contributed by atoms with Gasteiger partial charge in [0.25, 0.3) is 0 Å². The highest BCUT2D eigenvalue weighted by Gasteiger charge is 2.56. The van der Waals surface area contributed by atoms with Crippen LogP contribution in [-0.2, 0) is 4.79 Å². The summed E-state index contributed by atoms with van der Waals surface area (Å²) in [4.78, 5) is 11.6. The first-order chi connectivity index (χ1) is 8.61. The van der Waals surface area contributed by atoms with E-state index >= 15 is 0 Å². The molecular formula is C15H18O3. The highest BCUT2D eigenvalue weighted by atomic mass is 16.4. The predicted octanol–water partition coefficient (Wildman–Crippen LogP) is 2.41. The highest BCUT2D eigenvalue weighted by molar-refractivity contribution is 5.78. The summed E-state index contributed by atoms with van der Waals surface area (Å²) in [6.45, 7) is 0. The van der Waals surface area contributed by atoms with Crippen LogP contribution < -0.4 is 0 Å². The summed E-state index contributed by atoms with van der Waals surface area (Å²) in [6.07, 6.45) is 3.75. The summed E-state index contributed by atoms with van der Waals surface area (Å²) < 4.78 is 0. The molecule has 2 aliphatic rings. The van der Waals surface area contributed by atoms with E-state index in [1.54, 1.807) is 0 Å². The van der Waals surface area contributed by atoms with Gasteiger partial charge in [0, 0.05) is 0 Å². The van der Waals surface area contributed by atoms with Crippen molar-refractivity contribution in [3.05, 3.63) is 35.9 Å². The lowest BCUT2D eigenvalue weighted by molar-refractivity contribution is -0.149. The van der Waals surface area contributed by atoms with Gasteiger partial charge in [-0.1, -0.05) is 30.3 Å². The minimum absolute atomic E-state index is 0.156. The quantitative estimate of drug-likeness (QED) is 0.861. The van der Waals surface area contributed by atoms with Gasteiger partial charge in [-0.15, -0.1) is 0 Å². The maximum absolute atomic E-state index is 11.6. The van der Waals surface area contributed by atoms with Gasteiger partial charge in [0.1, 0.15) is 5.92 Å². The Kier molecular flexibility index (Phi) is 2.67. The molecule has 0 spiro atoms. The van der Waals surface area contributed by atoms with E-state index in [9.17, 15) is 15.0 Å². The van der Waals surface area contributed by atoms with Crippen LogP contribution in [0.2, 0.25) is 0 Å². The molecule has 1 aromatic carbocycles. The number of aliphatic hydroxyl groups is 1. The fraction of sp³-hybridized carbons (Fsp3) is 0.533. The molecule has 3 rings (SSSR count). The Labute approximate surface area is 106 Å². The molecule has 2 aliphatic carbocycles. The molecular weight excluding hydrogens is 228 g/mol. The fourth-order valence-electron chi connectivity index (χ4n) is 3.99. The number of carbonyl (C=O) groups is 1. The number of carboxylic acids is 1. The lowest BCUT2D eigenvalue weighted by Gasteiger charge is -2.37. The van der Waals surface area contributed by atoms with Crippen molar-refractivity contribution in [3.8, 4) is 0 Å². The molecule has 2 fully saturated rings. The Morgan fingerprint density at radius 1 is 1.28 bits per heavy atom. The molecule has 0 saturated heterocycles. The van der Waals surface area contributed by atoms with Crippen LogP contribution in [0.15, 0.2) is 30.3 Å². The molecule has 0 heterocycles. The molecule has 96 valence electrons. The van der Waals surface area contributed by atoms with Crippen LogP contribution >= 0.6 is 0 Å². The zero-order valence-corrected chi connectivity index (χ0v) is 10.2. The topological polar surface area (TPSA) is 57.5 Å². The second-order valence-electron chi connectivity index (χ2n) is 5.75. The average Bonchev–Trinajstić information content (AvgIpc) is 2.89. The van der Waals surface area contributed by atoms with Gasteiger partial charge in [-0.25, -0.2) is 0 Å². The number of hydrogen-bond acceptors (Lipinski definition) is 2. The van der Waals surface area contributed by atoms with Crippen molar-refractivity contribution in [3.63, 3.8) is 0 Å². The van der Waals surface area contributed by atoms with Crippen LogP contribution in [0.4, 0.5) is 0 Å². The molecule has 0 unspecified atom stereocenters. The number of rotatable bonds is 3. The molecule has 0 radical (unpaired) electrons. The highest BCUT2D eigenvalue weighted by Crippen LogP contribution is 2.55. The molecule has 2 N–H and O–H groups in total. The van der Waals surface area contributed by atoms with Gasteiger partial charge >= 0.3 is 5.97 Å². The van der Waals surface area contributed by atoms with Gasteiger partial charge in [-0.05, 0) is 43.1 Å². The van der Waals surface area contributed by atoms with Gasteiger partial charge in [0.05, 0.1) is 5.60 Å². The van der Waals surface area contributed by atoms with Crippen LogP contribution in [0, 0.1) is 11.8 Å². The monoisotopic (exact) mass is 246 g/mol. The van der Waals surface area contributed by atoms with Gasteiger partial charge in [-0.3, -0.25) is 4.79 Å². The lowest BCUT2D eigenvalue weighted by atomic mass is 9.72. The third kappa shape index (κ3) is 1.65. The van der Waals surface area contributed by atoms with Crippen molar-refractivity contribution in [2.45, 2.75) is 37.2 Å². The SMILES string of the molecule is O=C(O)[C@H](c1ccccc1)[C@]1(O)C[C@@H]2CC[C@@H]1C2. The second kappa shape index (κ2) is 4.09. The van der Waals surface area contributed by atoms with Crippen LogP contribution in [-0.4, -0.2) is 21.8 Å². The summed E-state index contributed by atoms with van der Waals surface area (Å²) in [5.74, 6) is -1.01. The number of benzene rings is 1. The van der Waals surface area contributed by atoms with Crippen molar-refractivity contribution >= 4 is 5.97 Å². The molecule has 0 aromatic heterocycles. The van der Waals surface area contributed by atoms with E-state index in [-0.39, 0.29) is 5.92 Å².